The van der Waals surface area contributed by atoms with Crippen LogP contribution >= 0.6 is 0 Å². The molecule has 0 radical (unpaired) electrons. The van der Waals surface area contributed by atoms with Crippen LogP contribution in [0.5, 0.6) is 0 Å². The zero-order chi connectivity index (χ0) is 19.3. The fourth-order valence-electron chi connectivity index (χ4n) is 2.64. The van der Waals surface area contributed by atoms with E-state index in [0.717, 1.165) is 6.42 Å². The number of rotatable bonds is 4. The number of ether oxygens (including phenoxy) is 2. The van der Waals surface area contributed by atoms with E-state index in [2.05, 4.69) is 4.74 Å². The molecule has 6 heteroatoms. The molecule has 1 aromatic carbocycles. The Morgan fingerprint density at radius 3 is 2.31 bits per heavy atom. The van der Waals surface area contributed by atoms with Gasteiger partial charge in [-0.25, -0.2) is 9.59 Å². The lowest BCUT2D eigenvalue weighted by Gasteiger charge is -2.24. The van der Waals surface area contributed by atoms with Crippen molar-refractivity contribution in [2.45, 2.75) is 32.8 Å². The van der Waals surface area contributed by atoms with Gasteiger partial charge >= 0.3 is 12.1 Å². The summed E-state index contributed by atoms with van der Waals surface area (Å²) in [6.45, 7) is 6.67. The molecule has 26 heavy (non-hydrogen) atoms. The molecule has 0 saturated carbocycles. The zero-order valence-electron chi connectivity index (χ0n) is 15.7. The number of carbonyl (C=O) groups is 3. The molecule has 1 heterocycles. The van der Waals surface area contributed by atoms with Gasteiger partial charge in [0.1, 0.15) is 5.60 Å². The normalized spacial score (nSPS) is 17.4. The summed E-state index contributed by atoms with van der Waals surface area (Å²) in [5.74, 6) is -0.453. The second-order valence-corrected chi connectivity index (χ2v) is 7.27. The minimum atomic E-state index is -0.517. The van der Waals surface area contributed by atoms with Crippen LogP contribution in [0.4, 0.5) is 4.79 Å². The first kappa shape index (κ1) is 19.7. The Morgan fingerprint density at radius 2 is 1.73 bits per heavy atom. The Bertz CT molecular complexity index is 700. The van der Waals surface area contributed by atoms with Crippen molar-refractivity contribution in [1.82, 2.24) is 4.90 Å². The quantitative estimate of drug-likeness (QED) is 0.468. The topological polar surface area (TPSA) is 72.9 Å². The van der Waals surface area contributed by atoms with Crippen LogP contribution in [-0.2, 0) is 9.47 Å². The van der Waals surface area contributed by atoms with Gasteiger partial charge in [0.2, 0.25) is 0 Å². The Kier molecular flexibility index (Phi) is 6.18. The fourth-order valence-corrected chi connectivity index (χ4v) is 2.64. The van der Waals surface area contributed by atoms with Crippen LogP contribution < -0.4 is 0 Å². The Labute approximate surface area is 153 Å². The molecule has 6 nitrogen and oxygen atoms in total. The highest BCUT2D eigenvalue weighted by Gasteiger charge is 2.28. The van der Waals surface area contributed by atoms with E-state index < -0.39 is 11.6 Å². The minimum absolute atomic E-state index is 0.126. The summed E-state index contributed by atoms with van der Waals surface area (Å²) in [5, 5.41) is 0. The fraction of sp³-hybridized carbons (Fsp3) is 0.450. The molecule has 0 N–H and O–H groups in total. The highest BCUT2D eigenvalue weighted by atomic mass is 16.6. The van der Waals surface area contributed by atoms with E-state index in [4.69, 9.17) is 4.74 Å². The van der Waals surface area contributed by atoms with Crippen LogP contribution in [0, 0.1) is 5.92 Å². The number of benzene rings is 1. The van der Waals surface area contributed by atoms with E-state index in [1.54, 1.807) is 29.2 Å². The van der Waals surface area contributed by atoms with Crippen LogP contribution in [0.1, 0.15) is 47.9 Å². The number of allylic oxidation sites excluding steroid dienone is 1. The first-order chi connectivity index (χ1) is 12.2. The summed E-state index contributed by atoms with van der Waals surface area (Å²) >= 11 is 0. The summed E-state index contributed by atoms with van der Waals surface area (Å²) in [7, 11) is 1.31. The molecule has 0 aromatic heterocycles. The molecule has 0 bridgehead atoms. The van der Waals surface area contributed by atoms with Crippen molar-refractivity contribution >= 4 is 17.8 Å². The lowest BCUT2D eigenvalue weighted by atomic mass is 10.0. The average molecular weight is 359 g/mol. The maximum Gasteiger partial charge on any atom is 0.410 e. The van der Waals surface area contributed by atoms with E-state index in [9.17, 15) is 14.4 Å². The van der Waals surface area contributed by atoms with Gasteiger partial charge in [0, 0.05) is 18.7 Å². The molecule has 1 aliphatic heterocycles. The molecule has 1 saturated heterocycles. The van der Waals surface area contributed by atoms with E-state index in [1.165, 1.54) is 13.2 Å². The standard InChI is InChI=1S/C20H25NO5/c1-20(2,3)26-19(24)21-12-11-14(13-21)5-10-17(22)15-6-8-16(9-7-15)18(23)25-4/h5-10,14H,11-13H2,1-4H3/b10-5+. The average Bonchev–Trinajstić information content (AvgIpc) is 3.07. The van der Waals surface area contributed by atoms with Crippen molar-refractivity contribution in [2.24, 2.45) is 5.92 Å². The summed E-state index contributed by atoms with van der Waals surface area (Å²) in [6.07, 6.45) is 3.83. The predicted octanol–water partition coefficient (Wildman–Crippen LogP) is 3.47. The molecule has 1 aromatic rings. The van der Waals surface area contributed by atoms with Crippen molar-refractivity contribution in [1.29, 1.82) is 0 Å². The molecule has 0 spiro atoms. The van der Waals surface area contributed by atoms with Gasteiger partial charge in [-0.2, -0.15) is 0 Å². The zero-order valence-corrected chi connectivity index (χ0v) is 15.7. The summed E-state index contributed by atoms with van der Waals surface area (Å²) in [4.78, 5) is 37.4. The molecule has 1 amide bonds. The van der Waals surface area contributed by atoms with Crippen molar-refractivity contribution < 1.29 is 23.9 Å². The first-order valence-electron chi connectivity index (χ1n) is 8.58. The van der Waals surface area contributed by atoms with Crippen molar-refractivity contribution in [3.05, 3.63) is 47.5 Å². The van der Waals surface area contributed by atoms with E-state index in [0.29, 0.717) is 24.2 Å². The van der Waals surface area contributed by atoms with E-state index in [-0.39, 0.29) is 17.8 Å². The molecule has 0 aliphatic carbocycles. The van der Waals surface area contributed by atoms with Crippen molar-refractivity contribution in [3.63, 3.8) is 0 Å². The number of amides is 1. The SMILES string of the molecule is COC(=O)c1ccc(C(=O)/C=C/C2CCN(C(=O)OC(C)(C)C)C2)cc1. The Morgan fingerprint density at radius 1 is 1.12 bits per heavy atom. The van der Waals surface area contributed by atoms with Gasteiger partial charge in [0.15, 0.2) is 5.78 Å². The summed E-state index contributed by atoms with van der Waals surface area (Å²) < 4.78 is 9.99. The highest BCUT2D eigenvalue weighted by molar-refractivity contribution is 6.05. The molecule has 1 unspecified atom stereocenters. The summed E-state index contributed by atoms with van der Waals surface area (Å²) in [5.41, 5.74) is 0.380. The molecular weight excluding hydrogens is 334 g/mol. The largest absolute Gasteiger partial charge is 0.465 e. The smallest absolute Gasteiger partial charge is 0.410 e. The maximum atomic E-state index is 12.2. The monoisotopic (exact) mass is 359 g/mol. The number of likely N-dealkylation sites (tertiary alicyclic amines) is 1. The molecule has 1 fully saturated rings. The van der Waals surface area contributed by atoms with Gasteiger partial charge in [0.25, 0.3) is 0 Å². The molecule has 2 rings (SSSR count). The number of methoxy groups -OCH3 is 1. The third-order valence-electron chi connectivity index (χ3n) is 3.99. The maximum absolute atomic E-state index is 12.2. The number of carbonyl (C=O) groups excluding carboxylic acids is 3. The van der Waals surface area contributed by atoms with Gasteiger partial charge in [-0.3, -0.25) is 4.79 Å². The number of hydrogen-bond acceptors (Lipinski definition) is 5. The van der Waals surface area contributed by atoms with Crippen LogP contribution in [0.3, 0.4) is 0 Å². The summed E-state index contributed by atoms with van der Waals surface area (Å²) in [6, 6.07) is 6.32. The number of esters is 1. The van der Waals surface area contributed by atoms with Crippen molar-refractivity contribution in [2.75, 3.05) is 20.2 Å². The lowest BCUT2D eigenvalue weighted by Crippen LogP contribution is -2.35. The van der Waals surface area contributed by atoms with Gasteiger partial charge in [-0.05, 0) is 51.3 Å². The minimum Gasteiger partial charge on any atom is -0.465 e. The van der Waals surface area contributed by atoms with Gasteiger partial charge < -0.3 is 14.4 Å². The van der Waals surface area contributed by atoms with E-state index >= 15 is 0 Å². The van der Waals surface area contributed by atoms with Crippen molar-refractivity contribution in [3.8, 4) is 0 Å². The van der Waals surface area contributed by atoms with Gasteiger partial charge in [-0.1, -0.05) is 18.2 Å². The van der Waals surface area contributed by atoms with Crippen LogP contribution in [-0.4, -0.2) is 48.5 Å². The van der Waals surface area contributed by atoms with Crippen LogP contribution in [0.2, 0.25) is 0 Å². The third-order valence-corrected chi connectivity index (χ3v) is 3.99. The van der Waals surface area contributed by atoms with Gasteiger partial charge in [0.05, 0.1) is 12.7 Å². The highest BCUT2D eigenvalue weighted by Crippen LogP contribution is 2.20. The molecule has 140 valence electrons. The second kappa shape index (κ2) is 8.17. The molecular formula is C20H25NO5. The molecule has 1 atom stereocenters. The number of nitrogens with zero attached hydrogens (tertiary/aromatic N) is 1. The molecule has 1 aliphatic rings. The van der Waals surface area contributed by atoms with Crippen LogP contribution in [0.25, 0.3) is 0 Å². The Balaban J connectivity index is 1.91. The van der Waals surface area contributed by atoms with Crippen LogP contribution in [0.15, 0.2) is 36.4 Å². The van der Waals surface area contributed by atoms with Gasteiger partial charge in [-0.15, -0.1) is 0 Å². The second-order valence-electron chi connectivity index (χ2n) is 7.27. The van der Waals surface area contributed by atoms with E-state index in [1.807, 2.05) is 26.8 Å². The number of hydrogen-bond donors (Lipinski definition) is 0. The first-order valence-corrected chi connectivity index (χ1v) is 8.58. The third kappa shape index (κ3) is 5.44. The Hall–Kier alpha value is -2.63. The lowest BCUT2D eigenvalue weighted by molar-refractivity contribution is 0.0290. The predicted molar refractivity (Wildman–Crippen MR) is 97.2 cm³/mol. The number of ketones is 1.